The minimum absolute atomic E-state index is 0.313. The molecule has 1 aromatic heterocycles. The average Bonchev–Trinajstić information content (AvgIpc) is 2.59. The van der Waals surface area contributed by atoms with Gasteiger partial charge in [0.05, 0.1) is 12.0 Å². The lowest BCUT2D eigenvalue weighted by atomic mass is 10.1. The molecule has 2 rings (SSSR count). The summed E-state index contributed by atoms with van der Waals surface area (Å²) >= 11 is 0. The van der Waals surface area contributed by atoms with Gasteiger partial charge in [-0.15, -0.1) is 13.2 Å². The van der Waals surface area contributed by atoms with Gasteiger partial charge in [-0.2, -0.15) is 0 Å². The van der Waals surface area contributed by atoms with E-state index in [1.54, 1.807) is 12.1 Å². The SMILES string of the molecule is C=CCC/C=C/CCc1cc2ccc(OCCC=C)cc2c(=O)o1. The Balaban J connectivity index is 2.05. The van der Waals surface area contributed by atoms with E-state index in [0.29, 0.717) is 29.9 Å². The van der Waals surface area contributed by atoms with Gasteiger partial charge in [0.1, 0.15) is 11.5 Å². The summed E-state index contributed by atoms with van der Waals surface area (Å²) in [6, 6.07) is 7.45. The highest BCUT2D eigenvalue weighted by Crippen LogP contribution is 2.20. The van der Waals surface area contributed by atoms with Gasteiger partial charge in [0.2, 0.25) is 0 Å². The number of hydrogen-bond donors (Lipinski definition) is 0. The number of hydrogen-bond acceptors (Lipinski definition) is 3. The van der Waals surface area contributed by atoms with Crippen LogP contribution in [0.25, 0.3) is 10.8 Å². The molecule has 0 saturated heterocycles. The molecule has 1 aromatic carbocycles. The summed E-state index contributed by atoms with van der Waals surface area (Å²) in [7, 11) is 0. The molecule has 3 heteroatoms. The number of benzene rings is 1. The smallest absolute Gasteiger partial charge is 0.343 e. The van der Waals surface area contributed by atoms with E-state index in [9.17, 15) is 4.79 Å². The third kappa shape index (κ3) is 5.27. The molecule has 24 heavy (non-hydrogen) atoms. The van der Waals surface area contributed by atoms with Crippen LogP contribution in [0.3, 0.4) is 0 Å². The second-order valence-corrected chi connectivity index (χ2v) is 5.55. The summed E-state index contributed by atoms with van der Waals surface area (Å²) in [6.07, 6.45) is 12.3. The van der Waals surface area contributed by atoms with Crippen molar-refractivity contribution in [1.29, 1.82) is 0 Å². The van der Waals surface area contributed by atoms with Crippen LogP contribution in [0.4, 0.5) is 0 Å². The number of ether oxygens (including phenoxy) is 1. The standard InChI is InChI=1S/C21H24O3/c1-3-5-7-8-9-10-11-19-15-17-12-13-18(23-14-6-4-2)16-20(17)21(22)24-19/h3-4,8-9,12-13,15-16H,1-2,5-7,10-11,14H2/b9-8+. The van der Waals surface area contributed by atoms with Crippen molar-refractivity contribution in [3.63, 3.8) is 0 Å². The minimum atomic E-state index is -0.313. The van der Waals surface area contributed by atoms with E-state index in [2.05, 4.69) is 25.3 Å². The molecule has 0 fully saturated rings. The van der Waals surface area contributed by atoms with Crippen LogP contribution in [-0.4, -0.2) is 6.61 Å². The molecule has 0 aliphatic carbocycles. The zero-order valence-electron chi connectivity index (χ0n) is 14.0. The summed E-state index contributed by atoms with van der Waals surface area (Å²) in [5.41, 5.74) is -0.313. The maximum Gasteiger partial charge on any atom is 0.343 e. The highest BCUT2D eigenvalue weighted by atomic mass is 16.5. The number of allylic oxidation sites excluding steroid dienone is 3. The third-order valence-electron chi connectivity index (χ3n) is 3.64. The van der Waals surface area contributed by atoms with E-state index in [1.807, 2.05) is 24.3 Å². The number of unbranched alkanes of at least 4 members (excludes halogenated alkanes) is 1. The van der Waals surface area contributed by atoms with Crippen LogP contribution in [0, 0.1) is 0 Å². The Labute approximate surface area is 143 Å². The predicted octanol–water partition coefficient (Wildman–Crippen LogP) is 5.20. The lowest BCUT2D eigenvalue weighted by Gasteiger charge is -2.06. The van der Waals surface area contributed by atoms with Gasteiger partial charge < -0.3 is 9.15 Å². The van der Waals surface area contributed by atoms with E-state index >= 15 is 0 Å². The number of aryl methyl sites for hydroxylation is 1. The lowest BCUT2D eigenvalue weighted by Crippen LogP contribution is -2.03. The second-order valence-electron chi connectivity index (χ2n) is 5.55. The van der Waals surface area contributed by atoms with E-state index in [1.165, 1.54) is 0 Å². The van der Waals surface area contributed by atoms with Crippen molar-refractivity contribution in [2.75, 3.05) is 6.61 Å². The Hall–Kier alpha value is -2.55. The fourth-order valence-electron chi connectivity index (χ4n) is 2.36. The fraction of sp³-hybridized carbons (Fsp3) is 0.286. The monoisotopic (exact) mass is 324 g/mol. The second kappa shape index (κ2) is 9.56. The Morgan fingerprint density at radius 3 is 2.58 bits per heavy atom. The van der Waals surface area contributed by atoms with E-state index < -0.39 is 0 Å². The molecule has 3 nitrogen and oxygen atoms in total. The van der Waals surface area contributed by atoms with Crippen molar-refractivity contribution in [3.05, 3.63) is 77.9 Å². The molecule has 0 unspecified atom stereocenters. The topological polar surface area (TPSA) is 39.4 Å². The van der Waals surface area contributed by atoms with Gasteiger partial charge in [-0.25, -0.2) is 4.79 Å². The van der Waals surface area contributed by atoms with Gasteiger partial charge in [-0.1, -0.05) is 30.4 Å². The van der Waals surface area contributed by atoms with Crippen molar-refractivity contribution in [1.82, 2.24) is 0 Å². The van der Waals surface area contributed by atoms with Crippen molar-refractivity contribution < 1.29 is 9.15 Å². The van der Waals surface area contributed by atoms with Crippen LogP contribution < -0.4 is 10.4 Å². The van der Waals surface area contributed by atoms with Gasteiger partial charge in [0, 0.05) is 6.42 Å². The Bertz CT molecular complexity index is 768. The quantitative estimate of drug-likeness (QED) is 0.445. The first-order chi connectivity index (χ1) is 11.7. The van der Waals surface area contributed by atoms with E-state index in [4.69, 9.17) is 9.15 Å². The Morgan fingerprint density at radius 2 is 1.79 bits per heavy atom. The molecule has 1 heterocycles. The van der Waals surface area contributed by atoms with Gasteiger partial charge >= 0.3 is 5.63 Å². The Kier molecular flexibility index (Phi) is 7.09. The van der Waals surface area contributed by atoms with Crippen molar-refractivity contribution in [2.45, 2.75) is 32.1 Å². The first kappa shape index (κ1) is 17.8. The highest BCUT2D eigenvalue weighted by Gasteiger charge is 2.06. The summed E-state index contributed by atoms with van der Waals surface area (Å²) in [5.74, 6) is 1.38. The van der Waals surface area contributed by atoms with Crippen LogP contribution in [0.15, 0.2) is 70.9 Å². The molecule has 2 aromatic rings. The van der Waals surface area contributed by atoms with Gasteiger partial charge in [-0.05, 0) is 49.3 Å². The number of rotatable bonds is 10. The number of fused-ring (bicyclic) bond motifs is 1. The zero-order valence-corrected chi connectivity index (χ0v) is 14.0. The maximum atomic E-state index is 12.2. The molecular weight excluding hydrogens is 300 g/mol. The largest absolute Gasteiger partial charge is 0.493 e. The first-order valence-corrected chi connectivity index (χ1v) is 8.31. The Morgan fingerprint density at radius 1 is 1.00 bits per heavy atom. The highest BCUT2D eigenvalue weighted by molar-refractivity contribution is 5.82. The summed E-state index contributed by atoms with van der Waals surface area (Å²) < 4.78 is 11.0. The summed E-state index contributed by atoms with van der Waals surface area (Å²) in [4.78, 5) is 12.2. The van der Waals surface area contributed by atoms with Crippen LogP contribution in [0.1, 0.15) is 31.4 Å². The van der Waals surface area contributed by atoms with Crippen LogP contribution in [0.2, 0.25) is 0 Å². The van der Waals surface area contributed by atoms with Gasteiger partial charge in [-0.3, -0.25) is 0 Å². The lowest BCUT2D eigenvalue weighted by molar-refractivity contribution is 0.325. The van der Waals surface area contributed by atoms with Crippen molar-refractivity contribution >= 4 is 10.8 Å². The van der Waals surface area contributed by atoms with E-state index in [-0.39, 0.29) is 5.63 Å². The van der Waals surface area contributed by atoms with Crippen molar-refractivity contribution in [3.8, 4) is 5.75 Å². The molecule has 0 saturated carbocycles. The molecule has 126 valence electrons. The normalized spacial score (nSPS) is 11.0. The van der Waals surface area contributed by atoms with Gasteiger partial charge in [0.15, 0.2) is 0 Å². The van der Waals surface area contributed by atoms with Crippen LogP contribution >= 0.6 is 0 Å². The third-order valence-corrected chi connectivity index (χ3v) is 3.64. The molecule has 0 radical (unpaired) electrons. The van der Waals surface area contributed by atoms with Gasteiger partial charge in [0.25, 0.3) is 0 Å². The maximum absolute atomic E-state index is 12.2. The molecule has 0 atom stereocenters. The zero-order chi connectivity index (χ0) is 17.2. The predicted molar refractivity (Wildman–Crippen MR) is 99.7 cm³/mol. The fourth-order valence-corrected chi connectivity index (χ4v) is 2.36. The molecule has 0 amide bonds. The molecule has 0 N–H and O–H groups in total. The van der Waals surface area contributed by atoms with E-state index in [0.717, 1.165) is 31.1 Å². The summed E-state index contributed by atoms with van der Waals surface area (Å²) in [6.45, 7) is 7.90. The minimum Gasteiger partial charge on any atom is -0.493 e. The van der Waals surface area contributed by atoms with Crippen molar-refractivity contribution in [2.24, 2.45) is 0 Å². The summed E-state index contributed by atoms with van der Waals surface area (Å²) in [5, 5.41) is 1.43. The first-order valence-electron chi connectivity index (χ1n) is 8.31. The molecule has 0 aliphatic rings. The van der Waals surface area contributed by atoms with Crippen LogP contribution in [0.5, 0.6) is 5.75 Å². The molecule has 0 aliphatic heterocycles. The molecular formula is C21H24O3. The molecule has 0 bridgehead atoms. The molecule has 0 spiro atoms. The average molecular weight is 324 g/mol. The van der Waals surface area contributed by atoms with Crippen LogP contribution in [-0.2, 0) is 6.42 Å².